The average molecular weight is 282 g/mol. The summed E-state index contributed by atoms with van der Waals surface area (Å²) in [6.07, 6.45) is 5.34. The smallest absolute Gasteiger partial charge is 0.0587 e. The van der Waals surface area contributed by atoms with Crippen LogP contribution in [0.3, 0.4) is 0 Å². The third-order valence-electron chi connectivity index (χ3n) is 3.61. The van der Waals surface area contributed by atoms with Crippen molar-refractivity contribution < 1.29 is 4.74 Å². The molecule has 1 aromatic rings. The van der Waals surface area contributed by atoms with E-state index in [0.29, 0.717) is 6.04 Å². The lowest BCUT2D eigenvalue weighted by Crippen LogP contribution is -2.36. The first-order valence-electron chi connectivity index (χ1n) is 7.33. The van der Waals surface area contributed by atoms with Crippen LogP contribution in [0.4, 0.5) is 0 Å². The van der Waals surface area contributed by atoms with E-state index in [2.05, 4.69) is 23.6 Å². The van der Waals surface area contributed by atoms with E-state index in [-0.39, 0.29) is 0 Å². The second-order valence-electron chi connectivity index (χ2n) is 5.35. The number of rotatable bonds is 8. The van der Waals surface area contributed by atoms with Gasteiger partial charge in [-0.1, -0.05) is 0 Å². The third-order valence-corrected chi connectivity index (χ3v) is 4.84. The van der Waals surface area contributed by atoms with Gasteiger partial charge >= 0.3 is 0 Å². The van der Waals surface area contributed by atoms with Crippen molar-refractivity contribution in [1.82, 2.24) is 10.6 Å². The summed E-state index contributed by atoms with van der Waals surface area (Å²) < 4.78 is 5.02. The van der Waals surface area contributed by atoms with Crippen LogP contribution in [0.5, 0.6) is 0 Å². The van der Waals surface area contributed by atoms with Gasteiger partial charge in [0, 0.05) is 42.5 Å². The maximum absolute atomic E-state index is 5.02. The Morgan fingerprint density at radius 3 is 3.00 bits per heavy atom. The fourth-order valence-corrected chi connectivity index (χ4v) is 3.69. The number of methoxy groups -OCH3 is 1. The second kappa shape index (κ2) is 8.00. The van der Waals surface area contributed by atoms with Crippen molar-refractivity contribution in [3.05, 3.63) is 21.4 Å². The predicted molar refractivity (Wildman–Crippen MR) is 82.0 cm³/mol. The minimum Gasteiger partial charge on any atom is -0.383 e. The van der Waals surface area contributed by atoms with E-state index in [9.17, 15) is 0 Å². The van der Waals surface area contributed by atoms with E-state index in [1.165, 1.54) is 30.6 Å². The molecule has 2 rings (SSSR count). The fraction of sp³-hybridized carbons (Fsp3) is 0.733. The molecule has 0 aliphatic heterocycles. The first-order chi connectivity index (χ1) is 9.29. The molecule has 0 bridgehead atoms. The second-order valence-corrected chi connectivity index (χ2v) is 6.57. The highest BCUT2D eigenvalue weighted by molar-refractivity contribution is 7.12. The van der Waals surface area contributed by atoms with Gasteiger partial charge in [0.15, 0.2) is 0 Å². The largest absolute Gasteiger partial charge is 0.383 e. The molecule has 0 spiro atoms. The fourth-order valence-electron chi connectivity index (χ4n) is 2.48. The summed E-state index contributed by atoms with van der Waals surface area (Å²) in [5, 5.41) is 6.98. The Kier molecular flexibility index (Phi) is 6.31. The number of fused-ring (bicyclic) bond motifs is 1. The van der Waals surface area contributed by atoms with E-state index >= 15 is 0 Å². The molecule has 0 fully saturated rings. The minimum absolute atomic E-state index is 0.496. The molecule has 1 heterocycles. The summed E-state index contributed by atoms with van der Waals surface area (Å²) in [5.41, 5.74) is 1.61. The van der Waals surface area contributed by atoms with Gasteiger partial charge in [0.25, 0.3) is 0 Å². The summed E-state index contributed by atoms with van der Waals surface area (Å²) in [5.74, 6) is 0. The number of hydrogen-bond donors (Lipinski definition) is 2. The lowest BCUT2D eigenvalue weighted by atomic mass is 9.99. The van der Waals surface area contributed by atoms with Gasteiger partial charge in [-0.2, -0.15) is 0 Å². The van der Waals surface area contributed by atoms with Crippen molar-refractivity contribution in [2.75, 3.05) is 26.8 Å². The van der Waals surface area contributed by atoms with Gasteiger partial charge in [-0.05, 0) is 44.2 Å². The zero-order chi connectivity index (χ0) is 13.5. The molecule has 1 aliphatic carbocycles. The van der Waals surface area contributed by atoms with E-state index < -0.39 is 0 Å². The maximum Gasteiger partial charge on any atom is 0.0587 e. The van der Waals surface area contributed by atoms with E-state index in [1.54, 1.807) is 17.6 Å². The molecule has 0 aromatic carbocycles. The molecule has 0 saturated heterocycles. The Labute approximate surface area is 120 Å². The Balaban J connectivity index is 1.68. The Morgan fingerprint density at radius 1 is 1.37 bits per heavy atom. The van der Waals surface area contributed by atoms with Crippen molar-refractivity contribution in [3.63, 3.8) is 0 Å². The van der Waals surface area contributed by atoms with Gasteiger partial charge in [0.05, 0.1) is 6.61 Å². The Hall–Kier alpha value is -0.420. The van der Waals surface area contributed by atoms with Crippen LogP contribution in [0, 0.1) is 0 Å². The van der Waals surface area contributed by atoms with Crippen LogP contribution < -0.4 is 10.6 Å². The average Bonchev–Trinajstić information content (AvgIpc) is 2.84. The predicted octanol–water partition coefficient (Wildman–Crippen LogP) is 2.34. The molecule has 0 saturated carbocycles. The van der Waals surface area contributed by atoms with Crippen molar-refractivity contribution >= 4 is 11.3 Å². The Bertz CT molecular complexity index is 355. The van der Waals surface area contributed by atoms with Crippen molar-refractivity contribution in [2.24, 2.45) is 0 Å². The van der Waals surface area contributed by atoms with Crippen LogP contribution in [0.1, 0.15) is 35.1 Å². The highest BCUT2D eigenvalue weighted by Gasteiger charge is 2.13. The van der Waals surface area contributed by atoms with Crippen molar-refractivity contribution in [2.45, 2.75) is 45.2 Å². The molecule has 2 N–H and O–H groups in total. The zero-order valence-corrected chi connectivity index (χ0v) is 12.9. The van der Waals surface area contributed by atoms with Gasteiger partial charge in [0.2, 0.25) is 0 Å². The van der Waals surface area contributed by atoms with Crippen molar-refractivity contribution in [3.8, 4) is 0 Å². The standard InChI is InChI=1S/C15H26N2OS/c1-12(10-16-7-8-18-2)17-11-14-9-13-5-3-4-6-15(13)19-14/h9,12,16-17H,3-8,10-11H2,1-2H3. The molecule has 19 heavy (non-hydrogen) atoms. The molecule has 4 heteroatoms. The lowest BCUT2D eigenvalue weighted by Gasteiger charge is -2.13. The number of hydrogen-bond acceptors (Lipinski definition) is 4. The molecule has 0 amide bonds. The first kappa shape index (κ1) is 15.0. The van der Waals surface area contributed by atoms with E-state index in [4.69, 9.17) is 4.74 Å². The van der Waals surface area contributed by atoms with E-state index in [0.717, 1.165) is 26.2 Å². The summed E-state index contributed by atoms with van der Waals surface area (Å²) in [6.45, 7) is 5.94. The maximum atomic E-state index is 5.02. The number of thiophene rings is 1. The van der Waals surface area contributed by atoms with Crippen molar-refractivity contribution in [1.29, 1.82) is 0 Å². The number of nitrogens with one attached hydrogen (secondary N) is 2. The minimum atomic E-state index is 0.496. The Morgan fingerprint density at radius 2 is 2.21 bits per heavy atom. The van der Waals surface area contributed by atoms with E-state index in [1.807, 2.05) is 11.3 Å². The summed E-state index contributed by atoms with van der Waals surface area (Å²) in [4.78, 5) is 3.13. The van der Waals surface area contributed by atoms with Crippen LogP contribution in [-0.4, -0.2) is 32.8 Å². The highest BCUT2D eigenvalue weighted by Crippen LogP contribution is 2.29. The van der Waals surface area contributed by atoms with Crippen LogP contribution in [0.25, 0.3) is 0 Å². The molecule has 3 nitrogen and oxygen atoms in total. The topological polar surface area (TPSA) is 33.3 Å². The molecular weight excluding hydrogens is 256 g/mol. The molecule has 1 unspecified atom stereocenters. The molecule has 1 atom stereocenters. The van der Waals surface area contributed by atoms with Gasteiger partial charge < -0.3 is 15.4 Å². The molecule has 108 valence electrons. The van der Waals surface area contributed by atoms with Crippen LogP contribution >= 0.6 is 11.3 Å². The highest BCUT2D eigenvalue weighted by atomic mass is 32.1. The molecule has 1 aliphatic rings. The molecule has 0 radical (unpaired) electrons. The zero-order valence-electron chi connectivity index (χ0n) is 12.1. The van der Waals surface area contributed by atoms with Crippen LogP contribution in [0.2, 0.25) is 0 Å². The third kappa shape index (κ3) is 4.88. The number of ether oxygens (including phenoxy) is 1. The number of aryl methyl sites for hydroxylation is 2. The normalized spacial score (nSPS) is 16.3. The van der Waals surface area contributed by atoms with Gasteiger partial charge in [-0.3, -0.25) is 0 Å². The molecular formula is C15H26N2OS. The molecule has 1 aromatic heterocycles. The summed E-state index contributed by atoms with van der Waals surface area (Å²) >= 11 is 2.01. The monoisotopic (exact) mass is 282 g/mol. The quantitative estimate of drug-likeness (QED) is 0.718. The van der Waals surface area contributed by atoms with Crippen LogP contribution in [0.15, 0.2) is 6.07 Å². The summed E-state index contributed by atoms with van der Waals surface area (Å²) in [7, 11) is 1.74. The first-order valence-corrected chi connectivity index (χ1v) is 8.14. The van der Waals surface area contributed by atoms with Gasteiger partial charge in [-0.15, -0.1) is 11.3 Å². The summed E-state index contributed by atoms with van der Waals surface area (Å²) in [6, 6.07) is 2.91. The van der Waals surface area contributed by atoms with Crippen LogP contribution in [-0.2, 0) is 24.1 Å². The van der Waals surface area contributed by atoms with Gasteiger partial charge in [-0.25, -0.2) is 0 Å². The lowest BCUT2D eigenvalue weighted by molar-refractivity contribution is 0.198. The SMILES string of the molecule is COCCNCC(C)NCc1cc2c(s1)CCCC2. The van der Waals surface area contributed by atoms with Gasteiger partial charge in [0.1, 0.15) is 0 Å².